The molecule has 2 aromatic rings. The van der Waals surface area contributed by atoms with Crippen molar-refractivity contribution in [1.82, 2.24) is 4.98 Å². The van der Waals surface area contributed by atoms with Crippen LogP contribution in [0.25, 0.3) is 0 Å². The Morgan fingerprint density at radius 2 is 1.90 bits per heavy atom. The van der Waals surface area contributed by atoms with Crippen LogP contribution in [0.5, 0.6) is 0 Å². The van der Waals surface area contributed by atoms with Crippen molar-refractivity contribution in [2.75, 3.05) is 0 Å². The number of rotatable bonds is 3. The second kappa shape index (κ2) is 6.20. The Bertz CT molecular complexity index is 643. The molecular weight excluding hydrogens is 329 g/mol. The molecule has 1 atom stereocenters. The third-order valence-corrected chi connectivity index (χ3v) is 3.66. The number of pyridine rings is 1. The molecule has 112 valence electrons. The van der Waals surface area contributed by atoms with E-state index in [0.29, 0.717) is 10.6 Å². The van der Waals surface area contributed by atoms with Gasteiger partial charge in [-0.25, -0.2) is 4.39 Å². The van der Waals surface area contributed by atoms with Crippen LogP contribution in [-0.2, 0) is 12.6 Å². The fourth-order valence-corrected chi connectivity index (χ4v) is 2.33. The third-order valence-electron chi connectivity index (χ3n) is 2.91. The molecule has 0 fully saturated rings. The Balaban J connectivity index is 2.28. The van der Waals surface area contributed by atoms with E-state index in [1.165, 1.54) is 18.5 Å². The number of alkyl halides is 4. The van der Waals surface area contributed by atoms with Crippen LogP contribution in [-0.4, -0.2) is 4.98 Å². The van der Waals surface area contributed by atoms with Crippen molar-refractivity contribution in [3.05, 3.63) is 64.2 Å². The molecule has 1 unspecified atom stereocenters. The minimum atomic E-state index is -4.76. The molecule has 1 aromatic carbocycles. The SMILES string of the molecule is Fc1ccc(C(Cl)Cc2ccncc2Cl)cc1C(F)(F)F. The summed E-state index contributed by atoms with van der Waals surface area (Å²) in [5.74, 6) is -1.32. The van der Waals surface area contributed by atoms with E-state index in [1.807, 2.05) is 0 Å². The van der Waals surface area contributed by atoms with Crippen molar-refractivity contribution < 1.29 is 17.6 Å². The molecule has 0 aliphatic heterocycles. The van der Waals surface area contributed by atoms with E-state index in [2.05, 4.69) is 4.98 Å². The fraction of sp³-hybridized carbons (Fsp3) is 0.214. The van der Waals surface area contributed by atoms with Crippen LogP contribution in [0.15, 0.2) is 36.7 Å². The van der Waals surface area contributed by atoms with Crippen molar-refractivity contribution in [3.8, 4) is 0 Å². The van der Waals surface area contributed by atoms with Gasteiger partial charge in [-0.2, -0.15) is 13.2 Å². The Kier molecular flexibility index (Phi) is 4.74. The number of halogens is 6. The van der Waals surface area contributed by atoms with E-state index < -0.39 is 22.9 Å². The van der Waals surface area contributed by atoms with E-state index in [9.17, 15) is 17.6 Å². The Hall–Kier alpha value is -1.33. The second-order valence-electron chi connectivity index (χ2n) is 4.38. The molecular formula is C14H9Cl2F4N. The Morgan fingerprint density at radius 1 is 1.19 bits per heavy atom. The first kappa shape index (κ1) is 16.0. The van der Waals surface area contributed by atoms with Gasteiger partial charge < -0.3 is 0 Å². The fourth-order valence-electron chi connectivity index (χ4n) is 1.84. The summed E-state index contributed by atoms with van der Waals surface area (Å²) in [5, 5.41) is -0.382. The molecule has 1 heterocycles. The molecule has 21 heavy (non-hydrogen) atoms. The van der Waals surface area contributed by atoms with Crippen molar-refractivity contribution >= 4 is 23.2 Å². The van der Waals surface area contributed by atoms with Crippen molar-refractivity contribution in [2.45, 2.75) is 18.0 Å². The molecule has 0 bridgehead atoms. The normalized spacial score (nSPS) is 13.2. The van der Waals surface area contributed by atoms with E-state index >= 15 is 0 Å². The first-order valence-electron chi connectivity index (χ1n) is 5.88. The van der Waals surface area contributed by atoms with E-state index in [0.717, 1.165) is 12.1 Å². The van der Waals surface area contributed by atoms with Gasteiger partial charge in [-0.05, 0) is 35.7 Å². The Labute approximate surface area is 128 Å². The minimum Gasteiger partial charge on any atom is -0.263 e. The molecule has 0 radical (unpaired) electrons. The van der Waals surface area contributed by atoms with Crippen LogP contribution in [0.1, 0.15) is 22.1 Å². The summed E-state index contributed by atoms with van der Waals surface area (Å²) in [6, 6.07) is 4.35. The molecule has 0 spiro atoms. The van der Waals surface area contributed by atoms with Crippen molar-refractivity contribution in [1.29, 1.82) is 0 Å². The van der Waals surface area contributed by atoms with Gasteiger partial charge in [0.25, 0.3) is 0 Å². The lowest BCUT2D eigenvalue weighted by Crippen LogP contribution is -2.09. The highest BCUT2D eigenvalue weighted by molar-refractivity contribution is 6.31. The smallest absolute Gasteiger partial charge is 0.263 e. The molecule has 0 saturated carbocycles. The number of hydrogen-bond acceptors (Lipinski definition) is 1. The zero-order valence-corrected chi connectivity index (χ0v) is 12.0. The molecule has 7 heteroatoms. The van der Waals surface area contributed by atoms with Crippen LogP contribution in [0, 0.1) is 5.82 Å². The van der Waals surface area contributed by atoms with Gasteiger partial charge in [0, 0.05) is 12.4 Å². The van der Waals surface area contributed by atoms with Gasteiger partial charge in [0.15, 0.2) is 0 Å². The standard InChI is InChI=1S/C14H9Cl2F4N/c15-11(6-9-3-4-21-7-12(9)16)8-1-2-13(17)10(5-8)14(18,19)20/h1-5,7,11H,6H2. The highest BCUT2D eigenvalue weighted by atomic mass is 35.5. The van der Waals surface area contributed by atoms with Gasteiger partial charge in [0.05, 0.1) is 16.0 Å². The average Bonchev–Trinajstić information content (AvgIpc) is 2.40. The quantitative estimate of drug-likeness (QED) is 0.538. The summed E-state index contributed by atoms with van der Waals surface area (Å²) in [4.78, 5) is 3.81. The summed E-state index contributed by atoms with van der Waals surface area (Å²) in [7, 11) is 0. The van der Waals surface area contributed by atoms with Crippen LogP contribution >= 0.6 is 23.2 Å². The van der Waals surface area contributed by atoms with E-state index in [1.54, 1.807) is 6.07 Å². The van der Waals surface area contributed by atoms with E-state index in [4.69, 9.17) is 23.2 Å². The monoisotopic (exact) mass is 337 g/mol. The molecule has 0 N–H and O–H groups in total. The lowest BCUT2D eigenvalue weighted by molar-refractivity contribution is -0.140. The van der Waals surface area contributed by atoms with Crippen LogP contribution in [0.2, 0.25) is 5.02 Å². The molecule has 0 amide bonds. The van der Waals surface area contributed by atoms with Gasteiger partial charge in [-0.3, -0.25) is 4.98 Å². The van der Waals surface area contributed by atoms with Crippen LogP contribution in [0.4, 0.5) is 17.6 Å². The lowest BCUT2D eigenvalue weighted by atomic mass is 10.0. The zero-order chi connectivity index (χ0) is 15.6. The van der Waals surface area contributed by atoms with Gasteiger partial charge in [0.2, 0.25) is 0 Å². The van der Waals surface area contributed by atoms with Crippen molar-refractivity contribution in [2.24, 2.45) is 0 Å². The number of hydrogen-bond donors (Lipinski definition) is 0. The topological polar surface area (TPSA) is 12.9 Å². The van der Waals surface area contributed by atoms with Gasteiger partial charge >= 0.3 is 6.18 Å². The van der Waals surface area contributed by atoms with Crippen LogP contribution < -0.4 is 0 Å². The lowest BCUT2D eigenvalue weighted by Gasteiger charge is -2.14. The van der Waals surface area contributed by atoms with Gasteiger partial charge in [-0.15, -0.1) is 11.6 Å². The summed E-state index contributed by atoms with van der Waals surface area (Å²) in [6.45, 7) is 0. The number of nitrogens with zero attached hydrogens (tertiary/aromatic N) is 1. The zero-order valence-electron chi connectivity index (χ0n) is 10.5. The van der Waals surface area contributed by atoms with Gasteiger partial charge in [-0.1, -0.05) is 17.7 Å². The molecule has 0 aliphatic carbocycles. The maximum Gasteiger partial charge on any atom is 0.419 e. The predicted molar refractivity (Wildman–Crippen MR) is 72.9 cm³/mol. The first-order chi connectivity index (χ1) is 9.79. The third kappa shape index (κ3) is 3.86. The van der Waals surface area contributed by atoms with Crippen LogP contribution in [0.3, 0.4) is 0 Å². The first-order valence-corrected chi connectivity index (χ1v) is 6.69. The Morgan fingerprint density at radius 3 is 2.52 bits per heavy atom. The summed E-state index contributed by atoms with van der Waals surface area (Å²) >= 11 is 12.0. The molecule has 1 nitrogen and oxygen atoms in total. The summed E-state index contributed by atoms with van der Waals surface area (Å²) in [5.41, 5.74) is -0.491. The summed E-state index contributed by atoms with van der Waals surface area (Å²) < 4.78 is 51.2. The second-order valence-corrected chi connectivity index (χ2v) is 5.31. The molecule has 0 saturated heterocycles. The predicted octanol–water partition coefficient (Wildman–Crippen LogP) is 5.42. The molecule has 0 aliphatic rings. The molecule has 2 rings (SSSR count). The van der Waals surface area contributed by atoms with E-state index in [-0.39, 0.29) is 12.0 Å². The average molecular weight is 338 g/mol. The minimum absolute atomic E-state index is 0.179. The maximum atomic E-state index is 13.2. The van der Waals surface area contributed by atoms with Gasteiger partial charge in [0.1, 0.15) is 5.82 Å². The maximum absolute atomic E-state index is 13.2. The summed E-state index contributed by atoms with van der Waals surface area (Å²) in [6.07, 6.45) is -1.61. The molecule has 1 aromatic heterocycles. The highest BCUT2D eigenvalue weighted by Gasteiger charge is 2.34. The highest BCUT2D eigenvalue weighted by Crippen LogP contribution is 2.35. The largest absolute Gasteiger partial charge is 0.419 e. The van der Waals surface area contributed by atoms with Crippen molar-refractivity contribution in [3.63, 3.8) is 0 Å². The number of benzene rings is 1. The number of aromatic nitrogens is 1.